The molecule has 1 unspecified atom stereocenters. The molecule has 42 heavy (non-hydrogen) atoms. The van der Waals surface area contributed by atoms with E-state index in [1.54, 1.807) is 0 Å². The van der Waals surface area contributed by atoms with Gasteiger partial charge in [0.1, 0.15) is 0 Å². The lowest BCUT2D eigenvalue weighted by molar-refractivity contribution is 0.0659. The van der Waals surface area contributed by atoms with Gasteiger partial charge in [-0.25, -0.2) is 5.01 Å². The number of nitrogens with one attached hydrogen (secondary N) is 2. The molecule has 0 saturated carbocycles. The summed E-state index contributed by atoms with van der Waals surface area (Å²) in [5, 5.41) is 24.0. The molecule has 2 saturated heterocycles. The van der Waals surface area contributed by atoms with Gasteiger partial charge in [-0.15, -0.1) is 5.10 Å². The minimum absolute atomic E-state index is 0.0682. The second kappa shape index (κ2) is 11.8. The first-order valence-electron chi connectivity index (χ1n) is 15.1. The quantitative estimate of drug-likeness (QED) is 0.491. The molecule has 0 bridgehead atoms. The van der Waals surface area contributed by atoms with Crippen molar-refractivity contribution >= 4 is 17.6 Å². The maximum absolute atomic E-state index is 13.1. The van der Waals surface area contributed by atoms with Crippen LogP contribution in [0.5, 0.6) is 0 Å². The van der Waals surface area contributed by atoms with Crippen molar-refractivity contribution in [2.45, 2.75) is 50.2 Å². The zero-order valence-corrected chi connectivity index (χ0v) is 25.0. The van der Waals surface area contributed by atoms with Crippen molar-refractivity contribution in [3.05, 3.63) is 89.3 Å². The number of guanidine groups is 1. The number of likely N-dealkylation sites (tertiary alicyclic amines) is 2. The molecule has 222 valence electrons. The zero-order chi connectivity index (χ0) is 29.3. The number of hydrogen-bond acceptors (Lipinski definition) is 8. The molecule has 0 radical (unpaired) electrons. The maximum atomic E-state index is 13.1. The first-order valence-corrected chi connectivity index (χ1v) is 15.1. The monoisotopic (exact) mass is 569 g/mol. The smallest absolute Gasteiger partial charge is 0.253 e. The summed E-state index contributed by atoms with van der Waals surface area (Å²) < 4.78 is 0. The Morgan fingerprint density at radius 1 is 1.07 bits per heavy atom. The number of carbonyl (C=O) groups is 1. The van der Waals surface area contributed by atoms with Gasteiger partial charge < -0.3 is 30.4 Å². The van der Waals surface area contributed by atoms with E-state index < -0.39 is 0 Å². The molecule has 2 aromatic rings. The summed E-state index contributed by atoms with van der Waals surface area (Å²) in [5.74, 6) is 0.736. The van der Waals surface area contributed by atoms with Gasteiger partial charge in [-0.1, -0.05) is 29.8 Å². The summed E-state index contributed by atoms with van der Waals surface area (Å²) in [7, 11) is 4.06. The average Bonchev–Trinajstić information content (AvgIpc) is 3.44. The lowest BCUT2D eigenvalue weighted by Gasteiger charge is -2.44. The third-order valence-electron chi connectivity index (χ3n) is 9.54. The summed E-state index contributed by atoms with van der Waals surface area (Å²) in [6.07, 6.45) is 9.89. The van der Waals surface area contributed by atoms with Crippen LogP contribution in [0.2, 0.25) is 0 Å². The van der Waals surface area contributed by atoms with Gasteiger partial charge in [-0.3, -0.25) is 4.79 Å². The number of allylic oxidation sites excluding steroid dienone is 2. The third-order valence-corrected chi connectivity index (χ3v) is 9.54. The van der Waals surface area contributed by atoms with Crippen LogP contribution in [0, 0.1) is 6.92 Å². The number of benzene rings is 2. The van der Waals surface area contributed by atoms with Crippen LogP contribution < -0.4 is 10.6 Å². The summed E-state index contributed by atoms with van der Waals surface area (Å²) in [6, 6.07) is 16.6. The van der Waals surface area contributed by atoms with Crippen molar-refractivity contribution in [1.29, 1.82) is 0 Å². The van der Waals surface area contributed by atoms with Crippen molar-refractivity contribution in [3.8, 4) is 0 Å². The van der Waals surface area contributed by atoms with Crippen molar-refractivity contribution in [1.82, 2.24) is 25.0 Å². The van der Waals surface area contributed by atoms with Crippen molar-refractivity contribution < 1.29 is 9.90 Å². The second-order valence-electron chi connectivity index (χ2n) is 12.3. The van der Waals surface area contributed by atoms with E-state index in [1.165, 1.54) is 16.8 Å². The highest BCUT2D eigenvalue weighted by molar-refractivity contribution is 5.97. The number of fused-ring (bicyclic) bond motifs is 1. The molecule has 4 heterocycles. The van der Waals surface area contributed by atoms with Crippen LogP contribution in [0.1, 0.15) is 47.2 Å². The highest BCUT2D eigenvalue weighted by Crippen LogP contribution is 2.37. The predicted octanol–water partition coefficient (Wildman–Crippen LogP) is 3.51. The van der Waals surface area contributed by atoms with Gasteiger partial charge in [0.05, 0.1) is 12.3 Å². The topological polar surface area (TPSA) is 86.7 Å². The zero-order valence-electron chi connectivity index (χ0n) is 25.0. The Morgan fingerprint density at radius 2 is 1.76 bits per heavy atom. The van der Waals surface area contributed by atoms with Gasteiger partial charge in [0.25, 0.3) is 5.91 Å². The van der Waals surface area contributed by atoms with Gasteiger partial charge >= 0.3 is 0 Å². The Labute approximate surface area is 249 Å². The van der Waals surface area contributed by atoms with E-state index in [0.29, 0.717) is 17.6 Å². The molecule has 1 atom stereocenters. The molecule has 1 amide bonds. The normalized spacial score (nSPS) is 22.2. The van der Waals surface area contributed by atoms with Crippen molar-refractivity contribution in [2.24, 2.45) is 5.10 Å². The lowest BCUT2D eigenvalue weighted by atomic mass is 9.73. The van der Waals surface area contributed by atoms with Crippen molar-refractivity contribution in [2.75, 3.05) is 52.2 Å². The standard InChI is InChI=1S/C33H43N7O2/c1-24-6-10-26(11-7-24)33(23-41)16-21-39(22-17-33)29-5-4-18-40-30(29)35-32(36-40)34-27-12-8-25(9-13-27)31(42)38(3)28-14-19-37(2)20-15-28/h4-13,18,28,30,41H,14-17,19-23H2,1-3H3,(H2,34,35,36). The first kappa shape index (κ1) is 28.3. The van der Waals surface area contributed by atoms with Crippen LogP contribution in [-0.2, 0) is 5.41 Å². The summed E-state index contributed by atoms with van der Waals surface area (Å²) in [6.45, 7) is 6.04. The molecule has 9 heteroatoms. The fraction of sp³-hybridized carbons (Fsp3) is 0.455. The number of carbonyl (C=O) groups excluding carboxylic acids is 1. The maximum Gasteiger partial charge on any atom is 0.253 e. The molecule has 2 fully saturated rings. The lowest BCUT2D eigenvalue weighted by Crippen LogP contribution is -2.50. The highest BCUT2D eigenvalue weighted by atomic mass is 16.3. The predicted molar refractivity (Wildman–Crippen MR) is 167 cm³/mol. The molecule has 6 rings (SSSR count). The minimum atomic E-state index is -0.198. The largest absolute Gasteiger partial charge is 0.395 e. The number of hydrogen-bond donors (Lipinski definition) is 3. The SMILES string of the molecule is Cc1ccc(C2(CO)CCN(C3=CC=CN4N=C(Nc5ccc(C(=O)N(C)C6CCN(C)CC6)cc5)NC34)CC2)cc1. The molecule has 9 nitrogen and oxygen atoms in total. The Kier molecular flexibility index (Phi) is 7.96. The Balaban J connectivity index is 1.05. The Bertz CT molecular complexity index is 1350. The molecule has 4 aliphatic heterocycles. The van der Waals surface area contributed by atoms with E-state index in [2.05, 4.69) is 64.7 Å². The molecule has 3 N–H and O–H groups in total. The van der Waals surface area contributed by atoms with Gasteiger partial charge in [-0.05, 0) is 94.7 Å². The number of aryl methyl sites for hydroxylation is 1. The number of aliphatic hydroxyl groups excluding tert-OH is 1. The minimum Gasteiger partial charge on any atom is -0.395 e. The van der Waals surface area contributed by atoms with Gasteiger partial charge in [-0.2, -0.15) is 0 Å². The second-order valence-corrected chi connectivity index (χ2v) is 12.3. The van der Waals surface area contributed by atoms with E-state index in [0.717, 1.165) is 57.5 Å². The van der Waals surface area contributed by atoms with Crippen LogP contribution in [-0.4, -0.2) is 95.8 Å². The average molecular weight is 570 g/mol. The van der Waals surface area contributed by atoms with Crippen LogP contribution in [0.3, 0.4) is 0 Å². The van der Waals surface area contributed by atoms with Crippen LogP contribution in [0.15, 0.2) is 77.7 Å². The van der Waals surface area contributed by atoms with E-state index >= 15 is 0 Å². The molecule has 0 aromatic heterocycles. The summed E-state index contributed by atoms with van der Waals surface area (Å²) in [5.41, 5.74) is 5.01. The molecule has 0 spiro atoms. The fourth-order valence-electron chi connectivity index (χ4n) is 6.61. The third kappa shape index (κ3) is 5.63. The molecule has 4 aliphatic rings. The van der Waals surface area contributed by atoms with Crippen LogP contribution >= 0.6 is 0 Å². The number of rotatable bonds is 6. The summed E-state index contributed by atoms with van der Waals surface area (Å²) in [4.78, 5) is 19.7. The van der Waals surface area contributed by atoms with E-state index in [4.69, 9.17) is 5.10 Å². The van der Waals surface area contributed by atoms with E-state index in [9.17, 15) is 9.90 Å². The van der Waals surface area contributed by atoms with Crippen molar-refractivity contribution in [3.63, 3.8) is 0 Å². The number of aliphatic hydroxyl groups is 1. The van der Waals surface area contributed by atoms with Crippen LogP contribution in [0.25, 0.3) is 0 Å². The molecule has 2 aromatic carbocycles. The number of anilines is 1. The number of nitrogens with zero attached hydrogens (tertiary/aromatic N) is 5. The van der Waals surface area contributed by atoms with E-state index in [-0.39, 0.29) is 24.1 Å². The first-order chi connectivity index (χ1) is 20.3. The van der Waals surface area contributed by atoms with Gasteiger partial charge in [0.2, 0.25) is 5.96 Å². The number of piperidine rings is 2. The Hall–Kier alpha value is -3.82. The number of amides is 1. The molecule has 0 aliphatic carbocycles. The van der Waals surface area contributed by atoms with E-state index in [1.807, 2.05) is 53.5 Å². The fourth-order valence-corrected chi connectivity index (χ4v) is 6.61. The van der Waals surface area contributed by atoms with Gasteiger partial charge in [0.15, 0.2) is 6.17 Å². The molecular formula is C33H43N7O2. The number of hydrazone groups is 1. The van der Waals surface area contributed by atoms with Crippen LogP contribution in [0.4, 0.5) is 5.69 Å². The Morgan fingerprint density at radius 3 is 2.43 bits per heavy atom. The molecular weight excluding hydrogens is 526 g/mol. The van der Waals surface area contributed by atoms with Gasteiger partial charge in [0, 0.05) is 49.0 Å². The highest BCUT2D eigenvalue weighted by Gasteiger charge is 2.39. The summed E-state index contributed by atoms with van der Waals surface area (Å²) >= 11 is 0.